The van der Waals surface area contributed by atoms with E-state index in [1.807, 2.05) is 6.92 Å². The number of nitrogens with zero attached hydrogens (tertiary/aromatic N) is 4. The summed E-state index contributed by atoms with van der Waals surface area (Å²) < 4.78 is 5.55. The number of carbonyl (C=O) groups excluding carboxylic acids is 1. The summed E-state index contributed by atoms with van der Waals surface area (Å²) in [4.78, 5) is 28.4. The van der Waals surface area contributed by atoms with E-state index in [1.165, 1.54) is 0 Å². The van der Waals surface area contributed by atoms with Gasteiger partial charge in [0.1, 0.15) is 5.41 Å². The van der Waals surface area contributed by atoms with Crippen molar-refractivity contribution >= 4 is 11.9 Å². The van der Waals surface area contributed by atoms with Gasteiger partial charge in [0.05, 0.1) is 6.54 Å². The van der Waals surface area contributed by atoms with Crippen LogP contribution in [0, 0.1) is 17.3 Å². The maximum absolute atomic E-state index is 12.5. The molecule has 0 bridgehead atoms. The molecule has 1 aromatic rings. The van der Waals surface area contributed by atoms with Crippen molar-refractivity contribution in [1.29, 1.82) is 0 Å². The predicted octanol–water partition coefficient (Wildman–Crippen LogP) is 0.777. The quantitative estimate of drug-likeness (QED) is 0.839. The van der Waals surface area contributed by atoms with Gasteiger partial charge in [-0.05, 0) is 12.8 Å². The molecule has 3 fully saturated rings. The molecule has 25 heavy (non-hydrogen) atoms. The first kappa shape index (κ1) is 16.5. The highest BCUT2D eigenvalue weighted by Gasteiger charge is 2.59. The standard InChI is InChI=1S/C17H24N4O4/c1-2-13-18-19-14(25-13)8-20-6-12-7-21(15(22)11-4-3-5-11)10-17(12,9-20)16(23)24/h11-12H,2-10H2,1H3,(H,23,24)/t12-,17-/m0/s1. The first-order valence-electron chi connectivity index (χ1n) is 9.07. The van der Waals surface area contributed by atoms with Crippen molar-refractivity contribution in [2.75, 3.05) is 26.2 Å². The molecule has 2 aliphatic heterocycles. The van der Waals surface area contributed by atoms with Crippen LogP contribution >= 0.6 is 0 Å². The molecule has 1 amide bonds. The molecule has 1 saturated carbocycles. The van der Waals surface area contributed by atoms with Crippen molar-refractivity contribution in [3.63, 3.8) is 0 Å². The highest BCUT2D eigenvalue weighted by Crippen LogP contribution is 2.44. The van der Waals surface area contributed by atoms with E-state index < -0.39 is 11.4 Å². The van der Waals surface area contributed by atoms with Crippen LogP contribution < -0.4 is 0 Å². The highest BCUT2D eigenvalue weighted by molar-refractivity contribution is 5.83. The zero-order valence-electron chi connectivity index (χ0n) is 14.5. The van der Waals surface area contributed by atoms with E-state index >= 15 is 0 Å². The fourth-order valence-corrected chi connectivity index (χ4v) is 4.36. The minimum Gasteiger partial charge on any atom is -0.481 e. The largest absolute Gasteiger partial charge is 0.481 e. The van der Waals surface area contributed by atoms with Crippen LogP contribution in [-0.4, -0.2) is 63.2 Å². The van der Waals surface area contributed by atoms with E-state index in [9.17, 15) is 14.7 Å². The molecule has 0 spiro atoms. The van der Waals surface area contributed by atoms with Gasteiger partial charge in [-0.2, -0.15) is 0 Å². The normalized spacial score (nSPS) is 29.6. The van der Waals surface area contributed by atoms with Gasteiger partial charge in [-0.3, -0.25) is 14.5 Å². The van der Waals surface area contributed by atoms with E-state index in [0.717, 1.165) is 19.3 Å². The van der Waals surface area contributed by atoms with Crippen molar-refractivity contribution < 1.29 is 19.1 Å². The Labute approximate surface area is 146 Å². The number of hydrogen-bond donors (Lipinski definition) is 1. The first-order chi connectivity index (χ1) is 12.0. The Bertz CT molecular complexity index is 686. The number of aromatic nitrogens is 2. The minimum absolute atomic E-state index is 0.0393. The average molecular weight is 348 g/mol. The van der Waals surface area contributed by atoms with Gasteiger partial charge in [-0.25, -0.2) is 0 Å². The van der Waals surface area contributed by atoms with Gasteiger partial charge < -0.3 is 14.4 Å². The molecule has 1 N–H and O–H groups in total. The van der Waals surface area contributed by atoms with Crippen molar-refractivity contribution in [3.8, 4) is 0 Å². The summed E-state index contributed by atoms with van der Waals surface area (Å²) in [5.74, 6) is 0.551. The third-order valence-corrected chi connectivity index (χ3v) is 6.04. The Kier molecular flexibility index (Phi) is 4.02. The van der Waals surface area contributed by atoms with Crippen LogP contribution in [0.25, 0.3) is 0 Å². The molecular formula is C17H24N4O4. The Morgan fingerprint density at radius 2 is 2.00 bits per heavy atom. The van der Waals surface area contributed by atoms with Gasteiger partial charge in [-0.1, -0.05) is 13.3 Å². The van der Waals surface area contributed by atoms with Gasteiger partial charge in [0.15, 0.2) is 0 Å². The highest BCUT2D eigenvalue weighted by atomic mass is 16.4. The fourth-order valence-electron chi connectivity index (χ4n) is 4.36. The zero-order valence-corrected chi connectivity index (χ0v) is 14.5. The van der Waals surface area contributed by atoms with Crippen molar-refractivity contribution in [1.82, 2.24) is 20.0 Å². The van der Waals surface area contributed by atoms with Gasteiger partial charge >= 0.3 is 5.97 Å². The van der Waals surface area contributed by atoms with Crippen LogP contribution in [0.15, 0.2) is 4.42 Å². The smallest absolute Gasteiger partial charge is 0.313 e. The summed E-state index contributed by atoms with van der Waals surface area (Å²) >= 11 is 0. The summed E-state index contributed by atoms with van der Waals surface area (Å²) in [5.41, 5.74) is -0.868. The first-order valence-corrected chi connectivity index (χ1v) is 9.07. The Morgan fingerprint density at radius 3 is 2.56 bits per heavy atom. The molecule has 8 heteroatoms. The van der Waals surface area contributed by atoms with Crippen molar-refractivity contribution in [2.24, 2.45) is 17.3 Å². The monoisotopic (exact) mass is 348 g/mol. The van der Waals surface area contributed by atoms with Crippen LogP contribution in [0.4, 0.5) is 0 Å². The molecule has 8 nitrogen and oxygen atoms in total. The molecule has 3 aliphatic rings. The van der Waals surface area contributed by atoms with Crippen LogP contribution in [0.2, 0.25) is 0 Å². The van der Waals surface area contributed by atoms with Crippen molar-refractivity contribution in [2.45, 2.75) is 39.2 Å². The molecule has 136 valence electrons. The second-order valence-electron chi connectivity index (χ2n) is 7.62. The van der Waals surface area contributed by atoms with Gasteiger partial charge in [-0.15, -0.1) is 10.2 Å². The summed E-state index contributed by atoms with van der Waals surface area (Å²) in [7, 11) is 0. The van der Waals surface area contributed by atoms with Crippen LogP contribution in [0.1, 0.15) is 38.0 Å². The molecule has 0 aromatic carbocycles. The lowest BCUT2D eigenvalue weighted by atomic mass is 9.81. The van der Waals surface area contributed by atoms with Crippen LogP contribution in [-0.2, 0) is 22.6 Å². The number of carbonyl (C=O) groups is 2. The number of aryl methyl sites for hydroxylation is 1. The maximum Gasteiger partial charge on any atom is 0.313 e. The zero-order chi connectivity index (χ0) is 17.6. The van der Waals surface area contributed by atoms with Crippen molar-refractivity contribution in [3.05, 3.63) is 11.8 Å². The Morgan fingerprint density at radius 1 is 1.24 bits per heavy atom. The SMILES string of the molecule is CCc1nnc(CN2C[C@H]3CN(C(=O)C4CCC4)C[C@@]3(C(=O)O)C2)o1. The molecule has 0 unspecified atom stereocenters. The lowest BCUT2D eigenvalue weighted by Crippen LogP contribution is -2.44. The second kappa shape index (κ2) is 6.09. The number of fused-ring (bicyclic) bond motifs is 1. The van der Waals surface area contributed by atoms with E-state index in [2.05, 4.69) is 15.1 Å². The average Bonchev–Trinajstić information content (AvgIpc) is 3.18. The summed E-state index contributed by atoms with van der Waals surface area (Å²) in [5, 5.41) is 17.9. The predicted molar refractivity (Wildman–Crippen MR) is 86.4 cm³/mol. The maximum atomic E-state index is 12.5. The van der Waals surface area contributed by atoms with E-state index in [1.54, 1.807) is 4.90 Å². The second-order valence-corrected chi connectivity index (χ2v) is 7.62. The van der Waals surface area contributed by atoms with Crippen LogP contribution in [0.3, 0.4) is 0 Å². The lowest BCUT2D eigenvalue weighted by molar-refractivity contribution is -0.149. The third-order valence-electron chi connectivity index (χ3n) is 6.04. The third kappa shape index (κ3) is 2.72. The number of rotatable bonds is 5. The van der Waals surface area contributed by atoms with Gasteiger partial charge in [0, 0.05) is 44.4 Å². The number of carboxylic acids is 1. The number of hydrogen-bond acceptors (Lipinski definition) is 6. The number of likely N-dealkylation sites (tertiary alicyclic amines) is 2. The number of carboxylic acid groups (broad SMARTS) is 1. The molecule has 4 rings (SSSR count). The number of amides is 1. The summed E-state index contributed by atoms with van der Waals surface area (Å²) in [6.45, 7) is 4.35. The lowest BCUT2D eigenvalue weighted by Gasteiger charge is -2.31. The minimum atomic E-state index is -0.868. The fraction of sp³-hybridized carbons (Fsp3) is 0.765. The Hall–Kier alpha value is -1.96. The van der Waals surface area contributed by atoms with E-state index in [-0.39, 0.29) is 17.7 Å². The summed E-state index contributed by atoms with van der Waals surface area (Å²) in [6, 6.07) is 0. The topological polar surface area (TPSA) is 99.8 Å². The molecule has 1 aliphatic carbocycles. The van der Waals surface area contributed by atoms with E-state index in [0.29, 0.717) is 50.9 Å². The molecule has 1 aromatic heterocycles. The molecule has 0 radical (unpaired) electrons. The van der Waals surface area contributed by atoms with Crippen LogP contribution in [0.5, 0.6) is 0 Å². The molecule has 3 heterocycles. The molecule has 2 atom stereocenters. The van der Waals surface area contributed by atoms with E-state index in [4.69, 9.17) is 4.42 Å². The van der Waals surface area contributed by atoms with Gasteiger partial charge in [0.2, 0.25) is 17.7 Å². The molecular weight excluding hydrogens is 324 g/mol. The number of aliphatic carboxylic acids is 1. The Balaban J connectivity index is 1.45. The molecule has 2 saturated heterocycles. The van der Waals surface area contributed by atoms with Gasteiger partial charge in [0.25, 0.3) is 0 Å². The summed E-state index contributed by atoms with van der Waals surface area (Å²) in [6.07, 6.45) is 3.69.